The number of carboxylic acids is 1. The van der Waals surface area contributed by atoms with E-state index in [1.165, 1.54) is 41.4 Å². The van der Waals surface area contributed by atoms with Crippen molar-refractivity contribution >= 4 is 27.9 Å². The monoisotopic (exact) mass is 462 g/mol. The van der Waals surface area contributed by atoms with Crippen LogP contribution >= 0.6 is 0 Å². The number of aromatic amines is 2. The van der Waals surface area contributed by atoms with Gasteiger partial charge >= 0.3 is 5.97 Å². The van der Waals surface area contributed by atoms with Crippen molar-refractivity contribution in [2.45, 2.75) is 13.0 Å². The predicted molar refractivity (Wildman–Crippen MR) is 119 cm³/mol. The van der Waals surface area contributed by atoms with Gasteiger partial charge in [-0.15, -0.1) is 0 Å². The Morgan fingerprint density at radius 2 is 2.06 bits per heavy atom. The summed E-state index contributed by atoms with van der Waals surface area (Å²) in [5.74, 6) is -2.27. The molecule has 0 spiro atoms. The first-order valence-electron chi connectivity index (χ1n) is 10.5. The first kappa shape index (κ1) is 20.2. The Balaban J connectivity index is 1.72. The molecular formula is C24H16F2N4O4. The number of carbonyl (C=O) groups is 1. The number of aromatic nitrogens is 4. The van der Waals surface area contributed by atoms with Gasteiger partial charge in [-0.3, -0.25) is 4.79 Å². The van der Waals surface area contributed by atoms with Gasteiger partial charge in [0.05, 0.1) is 47.0 Å². The molecule has 0 radical (unpaired) electrons. The number of pyridine rings is 1. The van der Waals surface area contributed by atoms with Crippen LogP contribution in [0.25, 0.3) is 33.1 Å². The first-order chi connectivity index (χ1) is 16.4. The fraction of sp³-hybridized carbons (Fsp3) is 0.125. The quantitative estimate of drug-likeness (QED) is 0.376. The number of ether oxygens (including phenoxy) is 1. The highest BCUT2D eigenvalue weighted by Crippen LogP contribution is 2.44. The van der Waals surface area contributed by atoms with E-state index < -0.39 is 23.2 Å². The average molecular weight is 462 g/mol. The third-order valence-corrected chi connectivity index (χ3v) is 6.16. The van der Waals surface area contributed by atoms with E-state index in [1.54, 1.807) is 6.07 Å². The number of fused-ring (bicyclic) bond motifs is 4. The van der Waals surface area contributed by atoms with Crippen LogP contribution in [0, 0.1) is 11.6 Å². The summed E-state index contributed by atoms with van der Waals surface area (Å²) in [5.41, 5.74) is 1.10. The first-order valence-corrected chi connectivity index (χ1v) is 10.5. The van der Waals surface area contributed by atoms with E-state index in [4.69, 9.17) is 4.74 Å². The van der Waals surface area contributed by atoms with Gasteiger partial charge in [0.15, 0.2) is 0 Å². The molecule has 3 aromatic heterocycles. The second-order valence-electron chi connectivity index (χ2n) is 8.05. The lowest BCUT2D eigenvalue weighted by Crippen LogP contribution is -2.14. The zero-order chi connectivity index (χ0) is 23.6. The molecule has 0 atom stereocenters. The summed E-state index contributed by atoms with van der Waals surface area (Å²) in [5, 5.41) is 10.5. The summed E-state index contributed by atoms with van der Waals surface area (Å²) >= 11 is 0. The molecule has 1 aliphatic heterocycles. The second-order valence-corrected chi connectivity index (χ2v) is 8.05. The summed E-state index contributed by atoms with van der Waals surface area (Å²) in [6, 6.07) is 7.07. The van der Waals surface area contributed by atoms with Crippen LogP contribution in [0.4, 0.5) is 8.78 Å². The van der Waals surface area contributed by atoms with Crippen LogP contribution in [0.5, 0.6) is 5.75 Å². The minimum atomic E-state index is -1.34. The topological polar surface area (TPSA) is 113 Å². The molecule has 0 amide bonds. The number of hydrogen-bond acceptors (Lipinski definition) is 4. The van der Waals surface area contributed by atoms with E-state index in [-0.39, 0.29) is 46.8 Å². The average Bonchev–Trinajstić information content (AvgIpc) is 3.52. The van der Waals surface area contributed by atoms with Crippen LogP contribution < -0.4 is 10.3 Å². The molecule has 1 aliphatic rings. The van der Waals surface area contributed by atoms with Crippen molar-refractivity contribution in [3.05, 3.63) is 81.7 Å². The van der Waals surface area contributed by atoms with E-state index in [2.05, 4.69) is 15.0 Å². The number of nitrogens with zero attached hydrogens (tertiary/aromatic N) is 2. The van der Waals surface area contributed by atoms with Gasteiger partial charge in [-0.25, -0.2) is 18.6 Å². The molecule has 34 heavy (non-hydrogen) atoms. The number of H-pyrrole nitrogens is 2. The van der Waals surface area contributed by atoms with Gasteiger partial charge in [0, 0.05) is 35.4 Å². The smallest absolute Gasteiger partial charge is 0.353 e. The maximum Gasteiger partial charge on any atom is 0.353 e. The van der Waals surface area contributed by atoms with Crippen molar-refractivity contribution in [2.75, 3.05) is 6.61 Å². The molecule has 5 aromatic rings. The molecule has 0 aliphatic carbocycles. The predicted octanol–water partition coefficient (Wildman–Crippen LogP) is 3.83. The second kappa shape index (κ2) is 7.27. The van der Waals surface area contributed by atoms with Crippen LogP contribution in [0.15, 0.2) is 47.7 Å². The molecule has 0 bridgehead atoms. The van der Waals surface area contributed by atoms with E-state index in [1.807, 2.05) is 0 Å². The van der Waals surface area contributed by atoms with Crippen LogP contribution in [0.1, 0.15) is 21.6 Å². The summed E-state index contributed by atoms with van der Waals surface area (Å²) < 4.78 is 37.0. The number of hydrogen-bond donors (Lipinski definition) is 3. The largest absolute Gasteiger partial charge is 0.492 e. The Morgan fingerprint density at radius 1 is 1.21 bits per heavy atom. The van der Waals surface area contributed by atoms with Crippen LogP contribution in [0.3, 0.4) is 0 Å². The summed E-state index contributed by atoms with van der Waals surface area (Å²) in [4.78, 5) is 34.7. The van der Waals surface area contributed by atoms with E-state index >= 15 is 4.39 Å². The van der Waals surface area contributed by atoms with Gasteiger partial charge < -0.3 is 24.4 Å². The van der Waals surface area contributed by atoms with E-state index in [0.29, 0.717) is 28.4 Å². The Hall–Kier alpha value is -4.47. The minimum absolute atomic E-state index is 0.0949. The number of rotatable bonds is 4. The highest BCUT2D eigenvalue weighted by Gasteiger charge is 2.32. The highest BCUT2D eigenvalue weighted by molar-refractivity contribution is 6.11. The maximum absolute atomic E-state index is 15.0. The molecule has 2 aromatic carbocycles. The lowest BCUT2D eigenvalue weighted by molar-refractivity contribution is 0.0687. The number of nitrogens with one attached hydrogen (secondary N) is 2. The Bertz CT molecular complexity index is 1700. The fourth-order valence-electron chi connectivity index (χ4n) is 4.69. The Kier molecular flexibility index (Phi) is 4.31. The standard InChI is InChI=1S/C24H16F2N4O4/c25-14-7-17-16(28-10-29-17)6-11(14)9-30-18-8-15(26)12-3-5-34-22(12)20(18)19(21(30)24(32)33)13-2-1-4-27-23(13)31/h1-2,4,6-8,10H,3,5,9H2,(H,27,31)(H,28,29)(H,32,33). The normalized spacial score (nSPS) is 12.9. The summed E-state index contributed by atoms with van der Waals surface area (Å²) in [6.07, 6.45) is 3.18. The van der Waals surface area contributed by atoms with Crippen molar-refractivity contribution in [1.82, 2.24) is 19.5 Å². The molecule has 170 valence electrons. The van der Waals surface area contributed by atoms with Crippen molar-refractivity contribution < 1.29 is 23.4 Å². The molecular weight excluding hydrogens is 446 g/mol. The minimum Gasteiger partial charge on any atom is -0.492 e. The molecule has 10 heteroatoms. The molecule has 3 N–H and O–H groups in total. The third kappa shape index (κ3) is 2.84. The van der Waals surface area contributed by atoms with Gasteiger partial charge in [-0.2, -0.15) is 0 Å². The highest BCUT2D eigenvalue weighted by atomic mass is 19.1. The van der Waals surface area contributed by atoms with Crippen LogP contribution in [0.2, 0.25) is 0 Å². The maximum atomic E-state index is 15.0. The van der Waals surface area contributed by atoms with Gasteiger partial charge in [0.1, 0.15) is 23.1 Å². The number of imidazole rings is 1. The SMILES string of the molecule is O=C(O)c1c(-c2ccc[nH]c2=O)c2c3c(c(F)cc2n1Cc1cc2[nH]cnc2cc1F)CCO3. The van der Waals surface area contributed by atoms with Crippen molar-refractivity contribution in [2.24, 2.45) is 0 Å². The number of halogens is 2. The molecule has 0 saturated carbocycles. The van der Waals surface area contributed by atoms with Gasteiger partial charge in [0.25, 0.3) is 5.56 Å². The molecule has 0 unspecified atom stereocenters. The van der Waals surface area contributed by atoms with E-state index in [0.717, 1.165) is 0 Å². The molecule has 0 saturated heterocycles. The van der Waals surface area contributed by atoms with E-state index in [9.17, 15) is 19.1 Å². The summed E-state index contributed by atoms with van der Waals surface area (Å²) in [7, 11) is 0. The van der Waals surface area contributed by atoms with Crippen molar-refractivity contribution in [3.63, 3.8) is 0 Å². The zero-order valence-corrected chi connectivity index (χ0v) is 17.5. The van der Waals surface area contributed by atoms with Crippen molar-refractivity contribution in [3.8, 4) is 16.9 Å². The Labute approximate surface area is 189 Å². The fourth-order valence-corrected chi connectivity index (χ4v) is 4.69. The zero-order valence-electron chi connectivity index (χ0n) is 17.5. The van der Waals surface area contributed by atoms with Crippen LogP contribution in [-0.2, 0) is 13.0 Å². The number of benzene rings is 2. The lowest BCUT2D eigenvalue weighted by Gasteiger charge is -2.11. The molecule has 6 rings (SSSR count). The Morgan fingerprint density at radius 3 is 2.85 bits per heavy atom. The molecule has 0 fully saturated rings. The molecule has 8 nitrogen and oxygen atoms in total. The third-order valence-electron chi connectivity index (χ3n) is 6.16. The van der Waals surface area contributed by atoms with Gasteiger partial charge in [0.2, 0.25) is 0 Å². The van der Waals surface area contributed by atoms with Crippen molar-refractivity contribution in [1.29, 1.82) is 0 Å². The summed E-state index contributed by atoms with van der Waals surface area (Å²) in [6.45, 7) is 0.0105. The van der Waals surface area contributed by atoms with Gasteiger partial charge in [-0.1, -0.05) is 0 Å². The van der Waals surface area contributed by atoms with Crippen LogP contribution in [-0.4, -0.2) is 37.2 Å². The van der Waals surface area contributed by atoms with Gasteiger partial charge in [-0.05, 0) is 24.3 Å². The lowest BCUT2D eigenvalue weighted by atomic mass is 10.00. The number of carboxylic acid groups (broad SMARTS) is 1. The molecule has 4 heterocycles. The number of aromatic carboxylic acids is 1.